The Labute approximate surface area is 197 Å². The number of piperazine rings is 1. The van der Waals surface area contributed by atoms with Gasteiger partial charge in [-0.2, -0.15) is 0 Å². The number of aliphatic hydroxyl groups excluding tert-OH is 1. The maximum Gasteiger partial charge on any atom is 0.251 e. The van der Waals surface area contributed by atoms with Crippen molar-refractivity contribution >= 4 is 23.2 Å². The molecule has 0 saturated carbocycles. The Morgan fingerprint density at radius 1 is 1.15 bits per heavy atom. The first-order valence-electron chi connectivity index (χ1n) is 11.5. The molecule has 1 amide bonds. The number of nitrogen functional groups attached to an aromatic ring is 1. The minimum atomic E-state index is -0.957. The first kappa shape index (κ1) is 22.4. The van der Waals surface area contributed by atoms with Crippen molar-refractivity contribution < 1.29 is 14.6 Å². The summed E-state index contributed by atoms with van der Waals surface area (Å²) in [7, 11) is 0. The summed E-state index contributed by atoms with van der Waals surface area (Å²) >= 11 is 0. The number of nitrogens with zero attached hydrogens (tertiary/aromatic N) is 8. The van der Waals surface area contributed by atoms with Gasteiger partial charge in [0.15, 0.2) is 11.6 Å². The Kier molecular flexibility index (Phi) is 6.26. The second-order valence-electron chi connectivity index (χ2n) is 8.64. The van der Waals surface area contributed by atoms with Gasteiger partial charge in [0, 0.05) is 64.4 Å². The standard InChI is InChI=1S/C22H29N9O3/c1-15(32)21(33)30-4-2-28(3-5-30)13-16-10-18-20(29-6-8-34-9-7-29)26-19(27-31(18)14-16)17-11-24-22(23)25-12-17/h10-12,14-15,32H,2-9,13H2,1H3,(H2,23,24,25)/t15-/m1/s1. The van der Waals surface area contributed by atoms with Crippen molar-refractivity contribution in [3.05, 3.63) is 30.2 Å². The molecule has 3 aromatic heterocycles. The summed E-state index contributed by atoms with van der Waals surface area (Å²) in [5, 5.41) is 14.3. The molecule has 2 fully saturated rings. The highest BCUT2D eigenvalue weighted by Crippen LogP contribution is 2.26. The summed E-state index contributed by atoms with van der Waals surface area (Å²) in [5.41, 5.74) is 8.39. The molecule has 34 heavy (non-hydrogen) atoms. The smallest absolute Gasteiger partial charge is 0.251 e. The lowest BCUT2D eigenvalue weighted by Gasteiger charge is -2.35. The second kappa shape index (κ2) is 9.49. The highest BCUT2D eigenvalue weighted by Gasteiger charge is 2.25. The van der Waals surface area contributed by atoms with E-state index in [1.165, 1.54) is 6.92 Å². The molecule has 12 heteroatoms. The molecule has 0 bridgehead atoms. The van der Waals surface area contributed by atoms with E-state index >= 15 is 0 Å². The van der Waals surface area contributed by atoms with E-state index in [1.54, 1.807) is 17.3 Å². The predicted molar refractivity (Wildman–Crippen MR) is 125 cm³/mol. The van der Waals surface area contributed by atoms with Crippen molar-refractivity contribution in [1.82, 2.24) is 34.4 Å². The maximum atomic E-state index is 12.0. The minimum Gasteiger partial charge on any atom is -0.384 e. The molecule has 180 valence electrons. The number of amides is 1. The molecule has 5 rings (SSSR count). The number of ether oxygens (including phenoxy) is 1. The van der Waals surface area contributed by atoms with Gasteiger partial charge < -0.3 is 25.4 Å². The number of carbonyl (C=O) groups excluding carboxylic acids is 1. The van der Waals surface area contributed by atoms with Crippen LogP contribution in [0.2, 0.25) is 0 Å². The van der Waals surface area contributed by atoms with Crippen LogP contribution in [0.1, 0.15) is 12.5 Å². The van der Waals surface area contributed by atoms with Gasteiger partial charge in [-0.1, -0.05) is 0 Å². The number of hydrogen-bond donors (Lipinski definition) is 2. The number of nitrogens with two attached hydrogens (primary N) is 1. The molecule has 0 aliphatic carbocycles. The zero-order valence-corrected chi connectivity index (χ0v) is 19.2. The first-order chi connectivity index (χ1) is 16.5. The van der Waals surface area contributed by atoms with Crippen molar-refractivity contribution in [3.8, 4) is 11.4 Å². The molecule has 5 heterocycles. The monoisotopic (exact) mass is 467 g/mol. The zero-order chi connectivity index (χ0) is 23.7. The number of fused-ring (bicyclic) bond motifs is 1. The third-order valence-electron chi connectivity index (χ3n) is 6.19. The van der Waals surface area contributed by atoms with E-state index in [0.29, 0.717) is 37.7 Å². The Bertz CT molecular complexity index is 1150. The molecule has 0 radical (unpaired) electrons. The highest BCUT2D eigenvalue weighted by atomic mass is 16.5. The summed E-state index contributed by atoms with van der Waals surface area (Å²) in [6.07, 6.45) is 4.33. The van der Waals surface area contributed by atoms with Crippen LogP contribution < -0.4 is 10.6 Å². The van der Waals surface area contributed by atoms with Crippen LogP contribution in [0.3, 0.4) is 0 Å². The lowest BCUT2D eigenvalue weighted by Crippen LogP contribution is -2.50. The molecule has 0 aromatic carbocycles. The number of aliphatic hydroxyl groups is 1. The van der Waals surface area contributed by atoms with Crippen LogP contribution in [-0.4, -0.2) is 104 Å². The number of carbonyl (C=O) groups is 1. The molecular formula is C22H29N9O3. The fourth-order valence-electron chi connectivity index (χ4n) is 4.36. The summed E-state index contributed by atoms with van der Waals surface area (Å²) in [5.74, 6) is 1.38. The Hall–Kier alpha value is -3.35. The van der Waals surface area contributed by atoms with E-state index < -0.39 is 6.10 Å². The van der Waals surface area contributed by atoms with Crippen LogP contribution in [0, 0.1) is 0 Å². The average Bonchev–Trinajstić information content (AvgIpc) is 3.26. The van der Waals surface area contributed by atoms with Gasteiger partial charge in [0.25, 0.3) is 5.91 Å². The van der Waals surface area contributed by atoms with E-state index in [2.05, 4.69) is 25.8 Å². The third kappa shape index (κ3) is 4.65. The summed E-state index contributed by atoms with van der Waals surface area (Å²) in [6.45, 7) is 7.78. The van der Waals surface area contributed by atoms with Crippen LogP contribution in [0.25, 0.3) is 16.9 Å². The van der Waals surface area contributed by atoms with Gasteiger partial charge in [0.05, 0.1) is 18.8 Å². The lowest BCUT2D eigenvalue weighted by molar-refractivity contribution is -0.141. The predicted octanol–water partition coefficient (Wildman–Crippen LogP) is -0.370. The molecular weight excluding hydrogens is 438 g/mol. The Morgan fingerprint density at radius 3 is 2.53 bits per heavy atom. The number of anilines is 2. The average molecular weight is 468 g/mol. The fraction of sp³-hybridized carbons (Fsp3) is 0.500. The maximum absolute atomic E-state index is 12.0. The fourth-order valence-corrected chi connectivity index (χ4v) is 4.36. The van der Waals surface area contributed by atoms with Gasteiger partial charge in [0.2, 0.25) is 5.95 Å². The van der Waals surface area contributed by atoms with Crippen molar-refractivity contribution in [2.75, 3.05) is 63.1 Å². The van der Waals surface area contributed by atoms with Gasteiger partial charge in [0.1, 0.15) is 11.6 Å². The van der Waals surface area contributed by atoms with Gasteiger partial charge in [-0.3, -0.25) is 9.69 Å². The molecule has 3 aromatic rings. The Morgan fingerprint density at radius 2 is 1.85 bits per heavy atom. The normalized spacial score (nSPS) is 18.4. The van der Waals surface area contributed by atoms with Crippen molar-refractivity contribution in [1.29, 1.82) is 0 Å². The SMILES string of the molecule is C[C@@H](O)C(=O)N1CCN(Cc2cc3c(N4CCOCC4)nc(-c4cnc(N)nc4)nn3c2)CC1. The second-order valence-corrected chi connectivity index (χ2v) is 8.64. The molecule has 2 saturated heterocycles. The molecule has 2 aliphatic heterocycles. The summed E-state index contributed by atoms with van der Waals surface area (Å²) < 4.78 is 7.40. The zero-order valence-electron chi connectivity index (χ0n) is 19.2. The van der Waals surface area contributed by atoms with Crippen LogP contribution in [-0.2, 0) is 16.1 Å². The molecule has 3 N–H and O–H groups in total. The number of hydrogen-bond acceptors (Lipinski definition) is 10. The van der Waals surface area contributed by atoms with Crippen molar-refractivity contribution in [3.63, 3.8) is 0 Å². The highest BCUT2D eigenvalue weighted by molar-refractivity contribution is 5.80. The van der Waals surface area contributed by atoms with Gasteiger partial charge in [-0.05, 0) is 18.6 Å². The van der Waals surface area contributed by atoms with Gasteiger partial charge in [-0.25, -0.2) is 19.5 Å². The molecule has 2 aliphatic rings. The van der Waals surface area contributed by atoms with Crippen LogP contribution in [0.5, 0.6) is 0 Å². The lowest BCUT2D eigenvalue weighted by atomic mass is 10.2. The van der Waals surface area contributed by atoms with Crippen molar-refractivity contribution in [2.45, 2.75) is 19.6 Å². The summed E-state index contributed by atoms with van der Waals surface area (Å²) in [6, 6.07) is 2.13. The van der Waals surface area contributed by atoms with E-state index in [0.717, 1.165) is 49.6 Å². The third-order valence-corrected chi connectivity index (χ3v) is 6.19. The Balaban J connectivity index is 1.41. The minimum absolute atomic E-state index is 0.205. The molecule has 0 unspecified atom stereocenters. The number of rotatable bonds is 5. The van der Waals surface area contributed by atoms with Gasteiger partial charge >= 0.3 is 0 Å². The van der Waals surface area contributed by atoms with Gasteiger partial charge in [-0.15, -0.1) is 5.10 Å². The van der Waals surface area contributed by atoms with E-state index in [1.807, 2.05) is 10.7 Å². The van der Waals surface area contributed by atoms with Crippen LogP contribution >= 0.6 is 0 Å². The van der Waals surface area contributed by atoms with E-state index in [-0.39, 0.29) is 11.9 Å². The van der Waals surface area contributed by atoms with Crippen LogP contribution in [0.15, 0.2) is 24.7 Å². The summed E-state index contributed by atoms with van der Waals surface area (Å²) in [4.78, 5) is 31.3. The van der Waals surface area contributed by atoms with Crippen molar-refractivity contribution in [2.24, 2.45) is 0 Å². The van der Waals surface area contributed by atoms with E-state index in [4.69, 9.17) is 20.6 Å². The topological polar surface area (TPSA) is 138 Å². The number of morpholine rings is 1. The molecule has 12 nitrogen and oxygen atoms in total. The van der Waals surface area contributed by atoms with E-state index in [9.17, 15) is 9.90 Å². The largest absolute Gasteiger partial charge is 0.384 e. The number of aromatic nitrogens is 5. The first-order valence-corrected chi connectivity index (χ1v) is 11.5. The quantitative estimate of drug-likeness (QED) is 0.511. The molecule has 0 spiro atoms. The van der Waals surface area contributed by atoms with Crippen LogP contribution in [0.4, 0.5) is 11.8 Å². The molecule has 1 atom stereocenters.